The fraction of sp³-hybridized carbons (Fsp3) is 0.0556. The number of hydrogen-bond donors (Lipinski definition) is 1. The number of halogens is 1. The van der Waals surface area contributed by atoms with Gasteiger partial charge in [-0.3, -0.25) is 14.2 Å². The number of nitrogens with one attached hydrogen (secondary N) is 1. The van der Waals surface area contributed by atoms with E-state index in [1.54, 1.807) is 42.5 Å². The molecule has 5 nitrogen and oxygen atoms in total. The lowest BCUT2D eigenvalue weighted by molar-refractivity contribution is 0.0941. The number of nitrogens with zero attached hydrogens (tertiary/aromatic N) is 2. The molecule has 118 valence electrons. The van der Waals surface area contributed by atoms with Gasteiger partial charge in [-0.05, 0) is 30.3 Å². The molecule has 2 aromatic carbocycles. The minimum atomic E-state index is -0.364. The second kappa shape index (κ2) is 6.19. The Morgan fingerprint density at radius 1 is 1.21 bits per heavy atom. The van der Waals surface area contributed by atoms with Crippen LogP contribution in [0.25, 0.3) is 10.9 Å². The standard InChI is InChI=1S/C18H12ClN3O2/c1-11(23)22-10-16(15-6-5-13(19)8-17(15)22)18(24)21-14-4-2-3-12(7-14)9-20/h2-8,10H,1H3,(H,21,24). The van der Waals surface area contributed by atoms with Crippen molar-refractivity contribution in [1.29, 1.82) is 5.26 Å². The third-order valence-corrected chi connectivity index (χ3v) is 3.84. The zero-order chi connectivity index (χ0) is 17.3. The van der Waals surface area contributed by atoms with Gasteiger partial charge in [0.1, 0.15) is 0 Å². The Bertz CT molecular complexity index is 1010. The number of fused-ring (bicyclic) bond motifs is 1. The third-order valence-electron chi connectivity index (χ3n) is 3.60. The maximum atomic E-state index is 12.6. The van der Waals surface area contributed by atoms with E-state index < -0.39 is 0 Å². The number of amides is 1. The molecule has 1 heterocycles. The number of aromatic nitrogens is 1. The number of carbonyl (C=O) groups excluding carboxylic acids is 2. The van der Waals surface area contributed by atoms with Crippen LogP contribution in [0.4, 0.5) is 5.69 Å². The molecule has 0 aliphatic heterocycles. The van der Waals surface area contributed by atoms with Gasteiger partial charge in [0.25, 0.3) is 5.91 Å². The molecule has 3 rings (SSSR count). The highest BCUT2D eigenvalue weighted by Gasteiger charge is 2.17. The van der Waals surface area contributed by atoms with Crippen LogP contribution in [0.1, 0.15) is 27.6 Å². The Balaban J connectivity index is 2.04. The summed E-state index contributed by atoms with van der Waals surface area (Å²) in [7, 11) is 0. The van der Waals surface area contributed by atoms with Gasteiger partial charge in [-0.1, -0.05) is 23.7 Å². The van der Waals surface area contributed by atoms with Crippen LogP contribution < -0.4 is 5.32 Å². The van der Waals surface area contributed by atoms with E-state index in [0.717, 1.165) is 0 Å². The number of carbonyl (C=O) groups is 2. The highest BCUT2D eigenvalue weighted by molar-refractivity contribution is 6.31. The molecule has 3 aromatic rings. The molecular formula is C18H12ClN3O2. The lowest BCUT2D eigenvalue weighted by Crippen LogP contribution is -2.12. The Hall–Kier alpha value is -3.10. The van der Waals surface area contributed by atoms with Crippen molar-refractivity contribution in [1.82, 2.24) is 4.57 Å². The van der Waals surface area contributed by atoms with Gasteiger partial charge in [-0.2, -0.15) is 5.26 Å². The van der Waals surface area contributed by atoms with Crippen molar-refractivity contribution in [3.63, 3.8) is 0 Å². The molecule has 6 heteroatoms. The Labute approximate surface area is 143 Å². The maximum absolute atomic E-state index is 12.6. The van der Waals surface area contributed by atoms with E-state index in [2.05, 4.69) is 5.32 Å². The predicted octanol–water partition coefficient (Wildman–Crippen LogP) is 4.08. The van der Waals surface area contributed by atoms with Crippen LogP contribution >= 0.6 is 11.6 Å². The predicted molar refractivity (Wildman–Crippen MR) is 92.4 cm³/mol. The van der Waals surface area contributed by atoms with Gasteiger partial charge in [0.05, 0.1) is 22.7 Å². The van der Waals surface area contributed by atoms with Gasteiger partial charge >= 0.3 is 0 Å². The lowest BCUT2D eigenvalue weighted by Gasteiger charge is -2.04. The average Bonchev–Trinajstić information content (AvgIpc) is 2.94. The summed E-state index contributed by atoms with van der Waals surface area (Å²) in [4.78, 5) is 24.4. The van der Waals surface area contributed by atoms with E-state index in [1.165, 1.54) is 17.7 Å². The van der Waals surface area contributed by atoms with Crippen LogP contribution in [0.15, 0.2) is 48.7 Å². The first-order chi connectivity index (χ1) is 11.5. The summed E-state index contributed by atoms with van der Waals surface area (Å²) in [5.41, 5.74) is 1.90. The quantitative estimate of drug-likeness (QED) is 0.765. The Kier molecular flexibility index (Phi) is 4.07. The number of benzene rings is 2. The van der Waals surface area contributed by atoms with Crippen LogP contribution in [0.5, 0.6) is 0 Å². The van der Waals surface area contributed by atoms with Crippen molar-refractivity contribution in [2.45, 2.75) is 6.92 Å². The summed E-state index contributed by atoms with van der Waals surface area (Å²) in [6, 6.07) is 13.7. The summed E-state index contributed by atoms with van der Waals surface area (Å²) in [5, 5.41) is 12.8. The zero-order valence-corrected chi connectivity index (χ0v) is 13.5. The van der Waals surface area contributed by atoms with Crippen molar-refractivity contribution in [2.75, 3.05) is 5.32 Å². The lowest BCUT2D eigenvalue weighted by atomic mass is 10.1. The van der Waals surface area contributed by atoms with Gasteiger partial charge in [0.2, 0.25) is 5.91 Å². The van der Waals surface area contributed by atoms with Crippen molar-refractivity contribution in [3.05, 3.63) is 64.8 Å². The molecule has 1 N–H and O–H groups in total. The first-order valence-corrected chi connectivity index (χ1v) is 7.50. The molecule has 1 amide bonds. The van der Waals surface area contributed by atoms with E-state index in [4.69, 9.17) is 16.9 Å². The summed E-state index contributed by atoms with van der Waals surface area (Å²) < 4.78 is 1.39. The fourth-order valence-electron chi connectivity index (χ4n) is 2.51. The monoisotopic (exact) mass is 337 g/mol. The topological polar surface area (TPSA) is 74.9 Å². The molecule has 0 saturated carbocycles. The zero-order valence-electron chi connectivity index (χ0n) is 12.7. The van der Waals surface area contributed by atoms with Gasteiger partial charge in [-0.15, -0.1) is 0 Å². The molecule has 0 aliphatic rings. The van der Waals surface area contributed by atoms with Crippen LogP contribution in [-0.2, 0) is 0 Å². The summed E-state index contributed by atoms with van der Waals surface area (Å²) in [6.45, 7) is 1.42. The van der Waals surface area contributed by atoms with Gasteiger partial charge in [-0.25, -0.2) is 0 Å². The van der Waals surface area contributed by atoms with Crippen molar-refractivity contribution < 1.29 is 9.59 Å². The van der Waals surface area contributed by atoms with E-state index in [9.17, 15) is 9.59 Å². The minimum Gasteiger partial charge on any atom is -0.322 e. The first-order valence-electron chi connectivity index (χ1n) is 7.12. The Morgan fingerprint density at radius 3 is 2.71 bits per heavy atom. The summed E-state index contributed by atoms with van der Waals surface area (Å²) >= 11 is 5.99. The SMILES string of the molecule is CC(=O)n1cc(C(=O)Nc2cccc(C#N)c2)c2ccc(Cl)cc21. The first kappa shape index (κ1) is 15.8. The van der Waals surface area contributed by atoms with Gasteiger partial charge < -0.3 is 5.32 Å². The Morgan fingerprint density at radius 2 is 2.00 bits per heavy atom. The van der Waals surface area contributed by atoms with Crippen LogP contribution in [0.2, 0.25) is 5.02 Å². The number of anilines is 1. The second-order valence-corrected chi connectivity index (χ2v) is 5.68. The molecule has 0 spiro atoms. The van der Waals surface area contributed by atoms with Gasteiger partial charge in [0.15, 0.2) is 0 Å². The molecule has 0 unspecified atom stereocenters. The van der Waals surface area contributed by atoms with E-state index in [-0.39, 0.29) is 11.8 Å². The molecule has 0 bridgehead atoms. The van der Waals surface area contributed by atoms with Crippen molar-refractivity contribution in [2.24, 2.45) is 0 Å². The summed E-state index contributed by atoms with van der Waals surface area (Å²) in [6.07, 6.45) is 1.49. The van der Waals surface area contributed by atoms with Crippen molar-refractivity contribution in [3.8, 4) is 6.07 Å². The number of hydrogen-bond acceptors (Lipinski definition) is 3. The van der Waals surface area contributed by atoms with Crippen LogP contribution in [0.3, 0.4) is 0 Å². The maximum Gasteiger partial charge on any atom is 0.257 e. The van der Waals surface area contributed by atoms with Gasteiger partial charge in [0, 0.05) is 29.2 Å². The molecule has 0 fully saturated rings. The molecule has 24 heavy (non-hydrogen) atoms. The summed E-state index contributed by atoms with van der Waals surface area (Å²) in [5.74, 6) is -0.579. The molecular weight excluding hydrogens is 326 g/mol. The molecule has 1 aromatic heterocycles. The fourth-order valence-corrected chi connectivity index (χ4v) is 2.67. The van der Waals surface area contributed by atoms with Crippen LogP contribution in [-0.4, -0.2) is 16.4 Å². The largest absolute Gasteiger partial charge is 0.322 e. The van der Waals surface area contributed by atoms with E-state index in [0.29, 0.717) is 32.7 Å². The average molecular weight is 338 g/mol. The smallest absolute Gasteiger partial charge is 0.257 e. The second-order valence-electron chi connectivity index (χ2n) is 5.24. The van der Waals surface area contributed by atoms with Crippen molar-refractivity contribution >= 4 is 40.0 Å². The molecule has 0 radical (unpaired) electrons. The molecule has 0 aliphatic carbocycles. The molecule has 0 saturated heterocycles. The van der Waals surface area contributed by atoms with E-state index in [1.807, 2.05) is 6.07 Å². The minimum absolute atomic E-state index is 0.215. The van der Waals surface area contributed by atoms with E-state index >= 15 is 0 Å². The van der Waals surface area contributed by atoms with Crippen LogP contribution in [0, 0.1) is 11.3 Å². The third kappa shape index (κ3) is 2.87. The number of rotatable bonds is 2. The normalized spacial score (nSPS) is 10.4. The highest BCUT2D eigenvalue weighted by Crippen LogP contribution is 2.26. The number of nitriles is 1. The molecule has 0 atom stereocenters. The highest BCUT2D eigenvalue weighted by atomic mass is 35.5.